The summed E-state index contributed by atoms with van der Waals surface area (Å²) in [5.41, 5.74) is 2.24. The van der Waals surface area contributed by atoms with E-state index in [0.717, 1.165) is 16.1 Å². The Balaban J connectivity index is 2.25. The number of ether oxygens (including phenoxy) is 1. The Hall–Kier alpha value is -2.87. The molecule has 2 aromatic carbocycles. The molecule has 0 bridgehead atoms. The molecule has 0 heterocycles. The molecule has 0 aliphatic rings. The minimum Gasteiger partial charge on any atom is -0.462 e. The zero-order valence-corrected chi connectivity index (χ0v) is 17.8. The first kappa shape index (κ1) is 22.4. The van der Waals surface area contributed by atoms with Gasteiger partial charge in [-0.3, -0.25) is 9.10 Å². The number of sulfonamides is 1. The highest BCUT2D eigenvalue weighted by atomic mass is 32.2. The number of amides is 1. The molecule has 8 heteroatoms. The van der Waals surface area contributed by atoms with Gasteiger partial charge >= 0.3 is 5.97 Å². The van der Waals surface area contributed by atoms with Crippen molar-refractivity contribution in [2.75, 3.05) is 22.5 Å². The lowest BCUT2D eigenvalue weighted by Gasteiger charge is -2.30. The fraction of sp³-hybridized carbons (Fsp3) is 0.333. The Morgan fingerprint density at radius 2 is 1.62 bits per heavy atom. The molecule has 0 radical (unpaired) electrons. The summed E-state index contributed by atoms with van der Waals surface area (Å²) in [4.78, 5) is 24.6. The van der Waals surface area contributed by atoms with Crippen LogP contribution in [0.3, 0.4) is 0 Å². The maximum atomic E-state index is 12.9. The van der Waals surface area contributed by atoms with Crippen molar-refractivity contribution < 1.29 is 22.7 Å². The normalized spacial score (nSPS) is 12.1. The largest absolute Gasteiger partial charge is 0.462 e. The molecule has 1 N–H and O–H groups in total. The van der Waals surface area contributed by atoms with Crippen LogP contribution in [0.5, 0.6) is 0 Å². The number of rotatable bonds is 8. The first-order chi connectivity index (χ1) is 13.7. The van der Waals surface area contributed by atoms with Gasteiger partial charge in [-0.05, 0) is 56.7 Å². The van der Waals surface area contributed by atoms with Gasteiger partial charge in [0, 0.05) is 5.69 Å². The molecule has 0 saturated heterocycles. The molecule has 2 rings (SSSR count). The van der Waals surface area contributed by atoms with Crippen LogP contribution in [0, 0.1) is 6.92 Å². The maximum absolute atomic E-state index is 12.9. The van der Waals surface area contributed by atoms with Crippen LogP contribution in [0.2, 0.25) is 0 Å². The summed E-state index contributed by atoms with van der Waals surface area (Å²) in [5.74, 6) is -0.901. The Bertz CT molecular complexity index is 954. The molecule has 29 heavy (non-hydrogen) atoms. The topological polar surface area (TPSA) is 92.8 Å². The average Bonchev–Trinajstić information content (AvgIpc) is 2.66. The molecule has 0 aliphatic carbocycles. The number of esters is 1. The van der Waals surface area contributed by atoms with E-state index in [0.29, 0.717) is 16.9 Å². The Kier molecular flexibility index (Phi) is 7.39. The predicted octanol–water partition coefficient (Wildman–Crippen LogP) is 3.36. The van der Waals surface area contributed by atoms with Crippen LogP contribution < -0.4 is 9.62 Å². The molecule has 0 spiro atoms. The van der Waals surface area contributed by atoms with Crippen molar-refractivity contribution in [3.8, 4) is 0 Å². The second kappa shape index (κ2) is 9.56. The third-order valence-electron chi connectivity index (χ3n) is 4.28. The summed E-state index contributed by atoms with van der Waals surface area (Å²) in [6.45, 7) is 5.65. The van der Waals surface area contributed by atoms with Gasteiger partial charge in [-0.15, -0.1) is 0 Å². The van der Waals surface area contributed by atoms with E-state index in [1.54, 1.807) is 62.4 Å². The second-order valence-electron chi connectivity index (χ2n) is 6.61. The molecule has 2 aromatic rings. The van der Waals surface area contributed by atoms with Crippen LogP contribution in [0.25, 0.3) is 0 Å². The molecule has 0 saturated carbocycles. The number of hydrogen-bond acceptors (Lipinski definition) is 5. The molecule has 0 aromatic heterocycles. The van der Waals surface area contributed by atoms with Crippen LogP contribution >= 0.6 is 0 Å². The van der Waals surface area contributed by atoms with E-state index in [4.69, 9.17) is 4.74 Å². The summed E-state index contributed by atoms with van der Waals surface area (Å²) in [7, 11) is -3.69. The highest BCUT2D eigenvalue weighted by molar-refractivity contribution is 7.92. The molecule has 1 atom stereocenters. The first-order valence-corrected chi connectivity index (χ1v) is 11.2. The maximum Gasteiger partial charge on any atom is 0.338 e. The van der Waals surface area contributed by atoms with Gasteiger partial charge in [0.25, 0.3) is 0 Å². The lowest BCUT2D eigenvalue weighted by atomic mass is 10.1. The van der Waals surface area contributed by atoms with Crippen molar-refractivity contribution in [3.05, 3.63) is 59.7 Å². The first-order valence-electron chi connectivity index (χ1n) is 9.31. The van der Waals surface area contributed by atoms with E-state index >= 15 is 0 Å². The lowest BCUT2D eigenvalue weighted by Crippen LogP contribution is -2.47. The molecule has 0 aliphatic heterocycles. The molecule has 156 valence electrons. The van der Waals surface area contributed by atoms with Crippen molar-refractivity contribution in [1.82, 2.24) is 0 Å². The molecular weight excluding hydrogens is 392 g/mol. The highest BCUT2D eigenvalue weighted by Crippen LogP contribution is 2.24. The van der Waals surface area contributed by atoms with Gasteiger partial charge in [-0.2, -0.15) is 0 Å². The number of aryl methyl sites for hydroxylation is 1. The Labute approximate surface area is 171 Å². The number of carbonyl (C=O) groups excluding carboxylic acids is 2. The van der Waals surface area contributed by atoms with Gasteiger partial charge in [-0.25, -0.2) is 13.2 Å². The Morgan fingerprint density at radius 1 is 1.03 bits per heavy atom. The number of hydrogen-bond donors (Lipinski definition) is 1. The summed E-state index contributed by atoms with van der Waals surface area (Å²) >= 11 is 0. The highest BCUT2D eigenvalue weighted by Gasteiger charge is 2.31. The van der Waals surface area contributed by atoms with Crippen LogP contribution in [-0.2, 0) is 19.6 Å². The SMILES string of the molecule is CCOC(=O)c1ccc(NC(=O)[C@H](CC)N(c2ccc(C)cc2)S(C)(=O)=O)cc1. The van der Waals surface area contributed by atoms with Gasteiger partial charge in [-0.1, -0.05) is 24.6 Å². The third-order valence-corrected chi connectivity index (χ3v) is 5.46. The summed E-state index contributed by atoms with van der Waals surface area (Å²) in [5, 5.41) is 2.73. The second-order valence-corrected chi connectivity index (χ2v) is 8.46. The van der Waals surface area contributed by atoms with E-state index in [9.17, 15) is 18.0 Å². The van der Waals surface area contributed by atoms with Gasteiger partial charge in [0.1, 0.15) is 6.04 Å². The van der Waals surface area contributed by atoms with Crippen LogP contribution in [0.1, 0.15) is 36.2 Å². The Morgan fingerprint density at radius 3 is 2.10 bits per heavy atom. The minimum atomic E-state index is -3.69. The average molecular weight is 419 g/mol. The van der Waals surface area contributed by atoms with E-state index < -0.39 is 27.9 Å². The fourth-order valence-electron chi connectivity index (χ4n) is 2.88. The number of nitrogens with zero attached hydrogens (tertiary/aromatic N) is 1. The minimum absolute atomic E-state index is 0.274. The summed E-state index contributed by atoms with van der Waals surface area (Å²) in [6, 6.07) is 12.3. The zero-order chi connectivity index (χ0) is 21.6. The summed E-state index contributed by atoms with van der Waals surface area (Å²) < 4.78 is 31.0. The van der Waals surface area contributed by atoms with Crippen molar-refractivity contribution in [2.45, 2.75) is 33.2 Å². The standard InChI is InChI=1S/C21H26N2O5S/c1-5-19(23(29(4,26)27)18-13-7-15(3)8-14-18)20(24)22-17-11-9-16(10-12-17)21(25)28-6-2/h7-14,19H,5-6H2,1-4H3,(H,22,24)/t19-/m0/s1. The predicted molar refractivity (Wildman–Crippen MR) is 114 cm³/mol. The molecule has 1 amide bonds. The van der Waals surface area contributed by atoms with Crippen molar-refractivity contribution in [3.63, 3.8) is 0 Å². The third kappa shape index (κ3) is 5.80. The van der Waals surface area contributed by atoms with E-state index in [-0.39, 0.29) is 13.0 Å². The quantitative estimate of drug-likeness (QED) is 0.664. The summed E-state index contributed by atoms with van der Waals surface area (Å²) in [6.07, 6.45) is 1.37. The van der Waals surface area contributed by atoms with Gasteiger partial charge < -0.3 is 10.1 Å². The van der Waals surface area contributed by atoms with Crippen LogP contribution in [0.15, 0.2) is 48.5 Å². The van der Waals surface area contributed by atoms with Gasteiger partial charge in [0.2, 0.25) is 15.9 Å². The monoisotopic (exact) mass is 418 g/mol. The molecule has 0 unspecified atom stereocenters. The number of carbonyl (C=O) groups is 2. The molecule has 7 nitrogen and oxygen atoms in total. The number of anilines is 2. The van der Waals surface area contributed by atoms with Crippen molar-refractivity contribution >= 4 is 33.3 Å². The molecule has 0 fully saturated rings. The number of nitrogens with one attached hydrogen (secondary N) is 1. The number of benzene rings is 2. The fourth-order valence-corrected chi connectivity index (χ4v) is 4.09. The molecular formula is C21H26N2O5S. The lowest BCUT2D eigenvalue weighted by molar-refractivity contribution is -0.117. The van der Waals surface area contributed by atoms with Crippen LogP contribution in [0.4, 0.5) is 11.4 Å². The van der Waals surface area contributed by atoms with E-state index in [1.165, 1.54) is 0 Å². The van der Waals surface area contributed by atoms with E-state index in [2.05, 4.69) is 5.32 Å². The smallest absolute Gasteiger partial charge is 0.338 e. The van der Waals surface area contributed by atoms with E-state index in [1.807, 2.05) is 6.92 Å². The zero-order valence-electron chi connectivity index (χ0n) is 17.0. The van der Waals surface area contributed by atoms with Gasteiger partial charge in [0.15, 0.2) is 0 Å². The van der Waals surface area contributed by atoms with Crippen molar-refractivity contribution in [1.29, 1.82) is 0 Å². The van der Waals surface area contributed by atoms with Gasteiger partial charge in [0.05, 0.1) is 24.1 Å². The van der Waals surface area contributed by atoms with Crippen LogP contribution in [-0.4, -0.2) is 39.2 Å². The van der Waals surface area contributed by atoms with Crippen molar-refractivity contribution in [2.24, 2.45) is 0 Å².